The van der Waals surface area contributed by atoms with E-state index >= 15 is 0 Å². The molecule has 0 unspecified atom stereocenters. The predicted octanol–water partition coefficient (Wildman–Crippen LogP) is 1.66. The maximum Gasteiger partial charge on any atom is 0.252 e. The third-order valence-corrected chi connectivity index (χ3v) is 6.37. The Hall–Kier alpha value is -0.700. The molecule has 1 heterocycles. The summed E-state index contributed by atoms with van der Waals surface area (Å²) in [6, 6.07) is 0. The fourth-order valence-corrected chi connectivity index (χ4v) is 4.71. The van der Waals surface area contributed by atoms with Crippen molar-refractivity contribution in [1.82, 2.24) is 9.71 Å². The number of nitrogens with zero attached hydrogens (tertiary/aromatic N) is 1. The minimum Gasteiger partial charge on any atom is -0.377 e. The van der Waals surface area contributed by atoms with Gasteiger partial charge in [0.2, 0.25) is 0 Å². The highest BCUT2D eigenvalue weighted by molar-refractivity contribution is 7.91. The second-order valence-electron chi connectivity index (χ2n) is 4.95. The Kier molecular flexibility index (Phi) is 5.36. The molecule has 1 aliphatic rings. The van der Waals surface area contributed by atoms with Gasteiger partial charge in [0.15, 0.2) is 9.34 Å². The van der Waals surface area contributed by atoms with Crippen LogP contribution >= 0.6 is 11.3 Å². The van der Waals surface area contributed by atoms with Crippen LogP contribution in [-0.4, -0.2) is 32.7 Å². The van der Waals surface area contributed by atoms with Crippen molar-refractivity contribution in [3.63, 3.8) is 0 Å². The molecule has 0 atom stereocenters. The van der Waals surface area contributed by atoms with E-state index in [2.05, 4.69) is 9.71 Å². The van der Waals surface area contributed by atoms with Crippen LogP contribution in [0.1, 0.15) is 37.8 Å². The van der Waals surface area contributed by atoms with Crippen LogP contribution in [0.3, 0.4) is 0 Å². The highest BCUT2D eigenvalue weighted by atomic mass is 32.2. The van der Waals surface area contributed by atoms with Crippen LogP contribution in [0.15, 0.2) is 4.21 Å². The molecule has 8 heteroatoms. The molecule has 0 radical (unpaired) electrons. The summed E-state index contributed by atoms with van der Waals surface area (Å²) in [7, 11) is -3.53. The van der Waals surface area contributed by atoms with Crippen molar-refractivity contribution in [2.24, 2.45) is 0 Å². The summed E-state index contributed by atoms with van der Waals surface area (Å²) in [6.07, 6.45) is 6.13. The third kappa shape index (κ3) is 4.15. The van der Waals surface area contributed by atoms with E-state index in [1.807, 2.05) is 0 Å². The molecule has 114 valence electrons. The van der Waals surface area contributed by atoms with Crippen molar-refractivity contribution >= 4 is 26.5 Å². The molecule has 1 saturated carbocycles. The van der Waals surface area contributed by atoms with Gasteiger partial charge in [0.25, 0.3) is 10.0 Å². The van der Waals surface area contributed by atoms with E-state index in [0.29, 0.717) is 12.3 Å². The summed E-state index contributed by atoms with van der Waals surface area (Å²) in [4.78, 5) is 3.92. The molecule has 1 fully saturated rings. The monoisotopic (exact) mass is 319 g/mol. The fraction of sp³-hybridized carbons (Fsp3) is 0.750. The van der Waals surface area contributed by atoms with E-state index in [-0.39, 0.29) is 22.0 Å². The number of hydrogen-bond acceptors (Lipinski definition) is 6. The van der Waals surface area contributed by atoms with Gasteiger partial charge in [-0.3, -0.25) is 0 Å². The number of hydrogen-bond donors (Lipinski definition) is 2. The minimum absolute atomic E-state index is 0.188. The number of sulfonamides is 1. The maximum absolute atomic E-state index is 12.1. The van der Waals surface area contributed by atoms with Crippen LogP contribution in [0.25, 0.3) is 0 Å². The predicted molar refractivity (Wildman–Crippen MR) is 79.3 cm³/mol. The summed E-state index contributed by atoms with van der Waals surface area (Å²) in [6.45, 7) is 2.31. The first-order chi connectivity index (χ1) is 9.49. The first-order valence-electron chi connectivity index (χ1n) is 6.83. The van der Waals surface area contributed by atoms with Gasteiger partial charge in [0.1, 0.15) is 0 Å². The molecule has 0 aliphatic heterocycles. The lowest BCUT2D eigenvalue weighted by Gasteiger charge is -2.21. The van der Waals surface area contributed by atoms with Gasteiger partial charge in [-0.05, 0) is 19.8 Å². The average Bonchev–Trinajstić information content (AvgIpc) is 2.76. The van der Waals surface area contributed by atoms with Crippen LogP contribution in [0, 0.1) is 6.92 Å². The number of thiazole rings is 1. The number of nitrogens with two attached hydrogens (primary N) is 1. The number of nitrogens with one attached hydrogen (secondary N) is 1. The molecule has 0 amide bonds. The molecular formula is C12H21N3O3S2. The first-order valence-corrected chi connectivity index (χ1v) is 9.13. The second-order valence-corrected chi connectivity index (χ2v) is 7.95. The molecule has 0 aromatic carbocycles. The Bertz CT molecular complexity index is 536. The van der Waals surface area contributed by atoms with Crippen molar-refractivity contribution < 1.29 is 13.2 Å². The quantitative estimate of drug-likeness (QED) is 0.778. The van der Waals surface area contributed by atoms with Crippen molar-refractivity contribution in [1.29, 1.82) is 0 Å². The average molecular weight is 319 g/mol. The van der Waals surface area contributed by atoms with E-state index < -0.39 is 10.0 Å². The van der Waals surface area contributed by atoms with Gasteiger partial charge in [-0.25, -0.2) is 18.1 Å². The standard InChI is InChI=1S/C12H21N3O3S2/c1-9-11(19-12(13)15-9)20(16,17)14-7-8-18-10-5-3-2-4-6-10/h10,14H,2-8H2,1H3,(H2,13,15). The minimum atomic E-state index is -3.53. The van der Waals surface area contributed by atoms with Crippen molar-refractivity contribution in [2.45, 2.75) is 49.3 Å². The summed E-state index contributed by atoms with van der Waals surface area (Å²) in [5.74, 6) is 0. The zero-order chi connectivity index (χ0) is 14.6. The smallest absolute Gasteiger partial charge is 0.252 e. The first kappa shape index (κ1) is 15.7. The Balaban J connectivity index is 1.79. The topological polar surface area (TPSA) is 94.3 Å². The third-order valence-electron chi connectivity index (χ3n) is 3.31. The van der Waals surface area contributed by atoms with Gasteiger partial charge >= 0.3 is 0 Å². The summed E-state index contributed by atoms with van der Waals surface area (Å²) in [5, 5.41) is 0.265. The van der Waals surface area contributed by atoms with Gasteiger partial charge in [-0.2, -0.15) is 0 Å². The number of anilines is 1. The van der Waals surface area contributed by atoms with Crippen molar-refractivity contribution in [2.75, 3.05) is 18.9 Å². The summed E-state index contributed by atoms with van der Waals surface area (Å²) >= 11 is 0.983. The Morgan fingerprint density at radius 3 is 2.70 bits per heavy atom. The molecule has 1 aliphatic carbocycles. The van der Waals surface area contributed by atoms with E-state index in [4.69, 9.17) is 10.5 Å². The van der Waals surface area contributed by atoms with Crippen LogP contribution in [0.5, 0.6) is 0 Å². The molecule has 0 spiro atoms. The molecule has 1 aromatic heterocycles. The number of aromatic nitrogens is 1. The number of rotatable bonds is 6. The Labute approximate surface area is 123 Å². The SMILES string of the molecule is Cc1nc(N)sc1S(=O)(=O)NCCOC1CCCCC1. The van der Waals surface area contributed by atoms with E-state index in [9.17, 15) is 8.42 Å². The van der Waals surface area contributed by atoms with Crippen molar-refractivity contribution in [3.8, 4) is 0 Å². The van der Waals surface area contributed by atoms with Gasteiger partial charge < -0.3 is 10.5 Å². The summed E-state index contributed by atoms with van der Waals surface area (Å²) in [5.41, 5.74) is 5.96. The second kappa shape index (κ2) is 6.84. The normalized spacial score (nSPS) is 17.4. The van der Waals surface area contributed by atoms with E-state index in [1.54, 1.807) is 6.92 Å². The molecule has 0 saturated heterocycles. The number of aryl methyl sites for hydroxylation is 1. The molecule has 1 aromatic rings. The van der Waals surface area contributed by atoms with Crippen LogP contribution in [0.2, 0.25) is 0 Å². The lowest BCUT2D eigenvalue weighted by atomic mass is 9.98. The largest absolute Gasteiger partial charge is 0.377 e. The summed E-state index contributed by atoms with van der Waals surface area (Å²) < 4.78 is 32.5. The van der Waals surface area contributed by atoms with Crippen LogP contribution in [-0.2, 0) is 14.8 Å². The molecule has 0 bridgehead atoms. The fourth-order valence-electron chi connectivity index (χ4n) is 2.35. The van der Waals surface area contributed by atoms with Crippen LogP contribution < -0.4 is 10.5 Å². The highest BCUT2D eigenvalue weighted by Gasteiger charge is 2.21. The lowest BCUT2D eigenvalue weighted by molar-refractivity contribution is 0.0321. The maximum atomic E-state index is 12.1. The van der Waals surface area contributed by atoms with Crippen molar-refractivity contribution in [3.05, 3.63) is 5.69 Å². The number of nitrogen functional groups attached to an aromatic ring is 1. The highest BCUT2D eigenvalue weighted by Crippen LogP contribution is 2.24. The lowest BCUT2D eigenvalue weighted by Crippen LogP contribution is -2.29. The van der Waals surface area contributed by atoms with Gasteiger partial charge in [-0.1, -0.05) is 30.6 Å². The molecule has 2 rings (SSSR count). The molecule has 6 nitrogen and oxygen atoms in total. The van der Waals surface area contributed by atoms with Gasteiger partial charge in [0.05, 0.1) is 18.4 Å². The Morgan fingerprint density at radius 2 is 2.10 bits per heavy atom. The van der Waals surface area contributed by atoms with E-state index in [0.717, 1.165) is 24.2 Å². The van der Waals surface area contributed by atoms with Crippen LogP contribution in [0.4, 0.5) is 5.13 Å². The molecular weight excluding hydrogens is 298 g/mol. The zero-order valence-electron chi connectivity index (χ0n) is 11.6. The number of ether oxygens (including phenoxy) is 1. The van der Waals surface area contributed by atoms with Gasteiger partial charge in [-0.15, -0.1) is 0 Å². The van der Waals surface area contributed by atoms with E-state index in [1.165, 1.54) is 19.3 Å². The molecule has 3 N–H and O–H groups in total. The van der Waals surface area contributed by atoms with Gasteiger partial charge in [0, 0.05) is 6.54 Å². The Morgan fingerprint density at radius 1 is 1.40 bits per heavy atom. The zero-order valence-corrected chi connectivity index (χ0v) is 13.2. The molecule has 20 heavy (non-hydrogen) atoms.